The average Bonchev–Trinajstić information content (AvgIpc) is 3.33. The van der Waals surface area contributed by atoms with Crippen molar-refractivity contribution in [2.75, 3.05) is 39.2 Å². The van der Waals surface area contributed by atoms with Crippen LogP contribution in [-0.2, 0) is 15.1 Å². The second-order valence-corrected chi connectivity index (χ2v) is 10.4. The lowest BCUT2D eigenvalue weighted by molar-refractivity contribution is -0.138. The maximum Gasteiger partial charge on any atom is 0.254 e. The number of pyridine rings is 1. The average molecular weight is 481 g/mol. The molecule has 2 spiro atoms. The van der Waals surface area contributed by atoms with E-state index in [4.69, 9.17) is 17.0 Å². The van der Waals surface area contributed by atoms with Gasteiger partial charge in [0.25, 0.3) is 5.91 Å². The molecule has 2 aromatic rings. The molecule has 0 radical (unpaired) electrons. The number of fused-ring (bicyclic) bond motifs is 3. The van der Waals surface area contributed by atoms with Gasteiger partial charge in [0.15, 0.2) is 5.54 Å². The van der Waals surface area contributed by atoms with Gasteiger partial charge in [-0.05, 0) is 36.9 Å². The van der Waals surface area contributed by atoms with Crippen LogP contribution in [-0.4, -0.2) is 70.0 Å². The van der Waals surface area contributed by atoms with Gasteiger partial charge in [0.1, 0.15) is 14.8 Å². The number of thioether (sulfide) groups is 1. The predicted molar refractivity (Wildman–Crippen MR) is 133 cm³/mol. The standard InChI is InChI=1S/C24H24N4O3S2/c1-5-11-28-21(30)24(33-22(28)32)18(15-7-6-10-25-13-15)14-26(2)23(24)17-12-16(31-4)8-9-19(17)27(3)20(23)29/h5-10,12-13,18H,1,11,14H2,2-4H3/t18?,23-,24+/m1/s1. The zero-order valence-electron chi connectivity index (χ0n) is 18.6. The molecule has 2 fully saturated rings. The number of hydrogen-bond donors (Lipinski definition) is 0. The lowest BCUT2D eigenvalue weighted by Gasteiger charge is -2.42. The maximum absolute atomic E-state index is 14.4. The Morgan fingerprint density at radius 1 is 1.30 bits per heavy atom. The number of thiocarbonyl (C=S) groups is 1. The Labute approximate surface area is 202 Å². The van der Waals surface area contributed by atoms with Crippen molar-refractivity contribution in [3.63, 3.8) is 0 Å². The van der Waals surface area contributed by atoms with Crippen LogP contribution in [0.15, 0.2) is 55.4 Å². The topological polar surface area (TPSA) is 66.0 Å². The lowest BCUT2D eigenvalue weighted by Crippen LogP contribution is -2.62. The molecule has 9 heteroatoms. The Morgan fingerprint density at radius 3 is 2.76 bits per heavy atom. The number of anilines is 1. The molecule has 1 aromatic carbocycles. The van der Waals surface area contributed by atoms with E-state index < -0.39 is 10.3 Å². The molecule has 2 amide bonds. The number of likely N-dealkylation sites (tertiary alicyclic amines) is 1. The highest BCUT2D eigenvalue weighted by Gasteiger charge is 2.78. The van der Waals surface area contributed by atoms with Crippen molar-refractivity contribution in [2.24, 2.45) is 0 Å². The van der Waals surface area contributed by atoms with Crippen LogP contribution in [0.1, 0.15) is 17.0 Å². The van der Waals surface area contributed by atoms with Gasteiger partial charge in [0, 0.05) is 49.7 Å². The molecule has 7 nitrogen and oxygen atoms in total. The minimum absolute atomic E-state index is 0.149. The van der Waals surface area contributed by atoms with Crippen molar-refractivity contribution < 1.29 is 14.3 Å². The number of likely N-dealkylation sites (N-methyl/N-ethyl adjacent to an activating group) is 2. The number of rotatable bonds is 4. The number of nitrogens with zero attached hydrogens (tertiary/aromatic N) is 4. The van der Waals surface area contributed by atoms with Gasteiger partial charge in [-0.2, -0.15) is 0 Å². The highest BCUT2D eigenvalue weighted by atomic mass is 32.2. The summed E-state index contributed by atoms with van der Waals surface area (Å²) in [6.07, 6.45) is 5.15. The predicted octanol–water partition coefficient (Wildman–Crippen LogP) is 2.78. The fraction of sp³-hybridized carbons (Fsp3) is 0.333. The van der Waals surface area contributed by atoms with Gasteiger partial charge in [-0.1, -0.05) is 36.1 Å². The summed E-state index contributed by atoms with van der Waals surface area (Å²) >= 11 is 7.02. The van der Waals surface area contributed by atoms with Crippen molar-refractivity contribution >= 4 is 45.8 Å². The second kappa shape index (κ2) is 7.65. The molecule has 0 bridgehead atoms. The minimum atomic E-state index is -1.26. The smallest absolute Gasteiger partial charge is 0.254 e. The monoisotopic (exact) mass is 480 g/mol. The molecule has 2 saturated heterocycles. The molecule has 3 aliphatic heterocycles. The quantitative estimate of drug-likeness (QED) is 0.493. The lowest BCUT2D eigenvalue weighted by atomic mass is 9.72. The molecule has 3 atom stereocenters. The van der Waals surface area contributed by atoms with E-state index in [0.29, 0.717) is 23.2 Å². The van der Waals surface area contributed by atoms with E-state index in [0.717, 1.165) is 16.8 Å². The normalized spacial score (nSPS) is 28.9. The van der Waals surface area contributed by atoms with Crippen molar-refractivity contribution in [2.45, 2.75) is 16.2 Å². The fourth-order valence-electron chi connectivity index (χ4n) is 5.67. The number of carbonyl (C=O) groups is 2. The van der Waals surface area contributed by atoms with Crippen LogP contribution in [0.3, 0.4) is 0 Å². The molecular weight excluding hydrogens is 456 g/mol. The van der Waals surface area contributed by atoms with Crippen molar-refractivity contribution in [3.8, 4) is 5.75 Å². The summed E-state index contributed by atoms with van der Waals surface area (Å²) in [5, 5.41) is 0. The van der Waals surface area contributed by atoms with E-state index in [1.165, 1.54) is 11.8 Å². The Balaban J connectivity index is 1.84. The van der Waals surface area contributed by atoms with E-state index in [2.05, 4.69) is 11.6 Å². The Bertz CT molecular complexity index is 1190. The molecule has 1 unspecified atom stereocenters. The van der Waals surface area contributed by atoms with E-state index in [1.54, 1.807) is 42.4 Å². The summed E-state index contributed by atoms with van der Waals surface area (Å²) < 4.78 is 4.77. The van der Waals surface area contributed by atoms with Gasteiger partial charge < -0.3 is 9.64 Å². The molecule has 3 aliphatic rings. The third-order valence-electron chi connectivity index (χ3n) is 7.06. The van der Waals surface area contributed by atoms with Crippen LogP contribution in [0.25, 0.3) is 0 Å². The van der Waals surface area contributed by atoms with Gasteiger partial charge in [-0.15, -0.1) is 6.58 Å². The highest BCUT2D eigenvalue weighted by Crippen LogP contribution is 2.66. The summed E-state index contributed by atoms with van der Waals surface area (Å²) in [5.74, 6) is -0.00157. The summed E-state index contributed by atoms with van der Waals surface area (Å²) in [6.45, 7) is 4.58. The molecule has 170 valence electrons. The van der Waals surface area contributed by atoms with E-state index in [1.807, 2.05) is 42.3 Å². The van der Waals surface area contributed by atoms with Crippen LogP contribution in [0.5, 0.6) is 5.75 Å². The maximum atomic E-state index is 14.4. The second-order valence-electron chi connectivity index (χ2n) is 8.49. The van der Waals surface area contributed by atoms with Crippen LogP contribution in [0, 0.1) is 0 Å². The molecular formula is C24H24N4O3S2. The zero-order chi connectivity index (χ0) is 23.5. The Hall–Kier alpha value is -2.75. The van der Waals surface area contributed by atoms with E-state index in [-0.39, 0.29) is 17.7 Å². The number of aromatic nitrogens is 1. The summed E-state index contributed by atoms with van der Waals surface area (Å²) in [7, 11) is 5.26. The van der Waals surface area contributed by atoms with Crippen LogP contribution in [0.2, 0.25) is 0 Å². The van der Waals surface area contributed by atoms with Gasteiger partial charge in [0.05, 0.1) is 7.11 Å². The first-order chi connectivity index (χ1) is 15.8. The molecule has 0 saturated carbocycles. The number of methoxy groups -OCH3 is 1. The zero-order valence-corrected chi connectivity index (χ0v) is 20.3. The van der Waals surface area contributed by atoms with Gasteiger partial charge >= 0.3 is 0 Å². The first kappa shape index (κ1) is 22.1. The number of ether oxygens (including phenoxy) is 1. The van der Waals surface area contributed by atoms with Crippen LogP contribution >= 0.6 is 24.0 Å². The largest absolute Gasteiger partial charge is 0.497 e. The fourth-order valence-corrected chi connectivity index (χ4v) is 7.82. The van der Waals surface area contributed by atoms with E-state index in [9.17, 15) is 9.59 Å². The minimum Gasteiger partial charge on any atom is -0.497 e. The van der Waals surface area contributed by atoms with Gasteiger partial charge in [0.2, 0.25) is 5.91 Å². The van der Waals surface area contributed by atoms with Crippen LogP contribution in [0.4, 0.5) is 5.69 Å². The highest BCUT2D eigenvalue weighted by molar-refractivity contribution is 8.25. The number of amides is 2. The Morgan fingerprint density at radius 2 is 2.09 bits per heavy atom. The number of benzene rings is 1. The van der Waals surface area contributed by atoms with Crippen molar-refractivity contribution in [3.05, 3.63) is 66.5 Å². The molecule has 1 aromatic heterocycles. The molecule has 4 heterocycles. The molecule has 33 heavy (non-hydrogen) atoms. The molecule has 0 N–H and O–H groups in total. The third-order valence-corrected chi connectivity index (χ3v) is 9.00. The first-order valence-electron chi connectivity index (χ1n) is 10.6. The molecule has 5 rings (SSSR count). The Kier molecular flexibility index (Phi) is 5.11. The van der Waals surface area contributed by atoms with Gasteiger partial charge in [-0.3, -0.25) is 24.4 Å². The van der Waals surface area contributed by atoms with Crippen molar-refractivity contribution in [1.82, 2.24) is 14.8 Å². The van der Waals surface area contributed by atoms with Crippen LogP contribution < -0.4 is 9.64 Å². The van der Waals surface area contributed by atoms with Gasteiger partial charge in [-0.25, -0.2) is 0 Å². The first-order valence-corrected chi connectivity index (χ1v) is 11.8. The van der Waals surface area contributed by atoms with Crippen molar-refractivity contribution in [1.29, 1.82) is 0 Å². The summed E-state index contributed by atoms with van der Waals surface area (Å²) in [6, 6.07) is 9.42. The summed E-state index contributed by atoms with van der Waals surface area (Å²) in [5.41, 5.74) is 1.17. The number of hydrogen-bond acceptors (Lipinski definition) is 7. The van der Waals surface area contributed by atoms with E-state index >= 15 is 0 Å². The molecule has 0 aliphatic carbocycles. The number of carbonyl (C=O) groups excluding carboxylic acids is 2. The third kappa shape index (κ3) is 2.61. The SMILES string of the molecule is C=CCN1C(=O)[C@@]2(SC1=S)C(c1cccnc1)CN(C)[C@]21C(=O)N(C)c2ccc(OC)cc21. The summed E-state index contributed by atoms with van der Waals surface area (Å²) in [4.78, 5) is 38.1.